The molecule has 208 valence electrons. The molecule has 0 heterocycles. The third-order valence-electron chi connectivity index (χ3n) is 6.99. The molecule has 0 amide bonds. The first-order chi connectivity index (χ1) is 16.7. The minimum absolute atomic E-state index is 0.0990. The van der Waals surface area contributed by atoms with Gasteiger partial charge in [-0.1, -0.05) is 174 Å². The van der Waals surface area contributed by atoms with Crippen LogP contribution in [-0.4, -0.2) is 22.9 Å². The zero-order valence-corrected chi connectivity index (χ0v) is 24.3. The van der Waals surface area contributed by atoms with Crippen LogP contribution >= 0.6 is 0 Å². The Hall–Kier alpha value is -0.0800. The van der Waals surface area contributed by atoms with Crippen LogP contribution in [0.4, 0.5) is 0 Å². The van der Waals surface area contributed by atoms with Gasteiger partial charge < -0.3 is 10.2 Å². The van der Waals surface area contributed by atoms with Crippen molar-refractivity contribution in [2.75, 3.05) is 6.61 Å². The molecule has 2 heteroatoms. The van der Waals surface area contributed by atoms with E-state index in [9.17, 15) is 0 Å². The Bertz CT molecular complexity index is 302. The lowest BCUT2D eigenvalue weighted by atomic mass is 10.0. The van der Waals surface area contributed by atoms with E-state index in [0.29, 0.717) is 6.61 Å². The highest BCUT2D eigenvalue weighted by Gasteiger charge is 1.96. The molecule has 0 saturated heterocycles. The van der Waals surface area contributed by atoms with Gasteiger partial charge in [0.15, 0.2) is 0 Å². The van der Waals surface area contributed by atoms with Gasteiger partial charge >= 0.3 is 0 Å². The standard InChI is InChI=1S/2C16H34O/c1-3-4-5-6-7-8-9-10-11-12-13-14-15-16(2)17;1-2-3-4-5-6-7-8-9-10-11-12-13-14-15-16-17/h16-17H,3-15H2,1-2H3;17H,2-16H2,1H3. The quantitative estimate of drug-likeness (QED) is 0.114. The van der Waals surface area contributed by atoms with Crippen molar-refractivity contribution in [3.05, 3.63) is 0 Å². The van der Waals surface area contributed by atoms with Crippen molar-refractivity contribution >= 4 is 0 Å². The largest absolute Gasteiger partial charge is 0.396 e. The van der Waals surface area contributed by atoms with Crippen molar-refractivity contribution in [2.45, 2.75) is 200 Å². The van der Waals surface area contributed by atoms with Gasteiger partial charge in [0, 0.05) is 6.61 Å². The molecule has 2 N–H and O–H groups in total. The van der Waals surface area contributed by atoms with E-state index < -0.39 is 0 Å². The maximum atomic E-state index is 9.11. The third kappa shape index (κ3) is 39.1. The maximum Gasteiger partial charge on any atom is 0.0512 e. The highest BCUT2D eigenvalue weighted by atomic mass is 16.3. The number of aliphatic hydroxyl groups excluding tert-OH is 2. The molecule has 0 radical (unpaired) electrons. The summed E-state index contributed by atoms with van der Waals surface area (Å²) in [6, 6.07) is 0. The van der Waals surface area contributed by atoms with E-state index in [0.717, 1.165) is 12.8 Å². The second-order valence-corrected chi connectivity index (χ2v) is 10.8. The van der Waals surface area contributed by atoms with E-state index in [1.165, 1.54) is 161 Å². The third-order valence-corrected chi connectivity index (χ3v) is 6.99. The van der Waals surface area contributed by atoms with E-state index in [-0.39, 0.29) is 6.10 Å². The molecule has 0 rings (SSSR count). The summed E-state index contributed by atoms with van der Waals surface area (Å²) < 4.78 is 0. The van der Waals surface area contributed by atoms with Crippen LogP contribution in [0.2, 0.25) is 0 Å². The Balaban J connectivity index is 0. The summed E-state index contributed by atoms with van der Waals surface area (Å²) in [5.74, 6) is 0. The Labute approximate surface area is 217 Å². The fourth-order valence-electron chi connectivity index (χ4n) is 4.59. The van der Waals surface area contributed by atoms with Crippen molar-refractivity contribution in [2.24, 2.45) is 0 Å². The lowest BCUT2D eigenvalue weighted by Gasteiger charge is -2.04. The predicted octanol–water partition coefficient (Wildman–Crippen LogP) is 10.9. The van der Waals surface area contributed by atoms with Gasteiger partial charge in [-0.15, -0.1) is 0 Å². The summed E-state index contributed by atoms with van der Waals surface area (Å²) in [5.41, 5.74) is 0. The molecule has 0 aliphatic carbocycles. The van der Waals surface area contributed by atoms with Crippen LogP contribution in [0.3, 0.4) is 0 Å². The summed E-state index contributed by atoms with van der Waals surface area (Å²) in [5, 5.41) is 17.8. The number of unbranched alkanes of at least 4 members (excludes halogenated alkanes) is 24. The van der Waals surface area contributed by atoms with E-state index in [1.54, 1.807) is 0 Å². The number of rotatable bonds is 27. The minimum Gasteiger partial charge on any atom is -0.396 e. The van der Waals surface area contributed by atoms with Crippen molar-refractivity contribution in [3.63, 3.8) is 0 Å². The average Bonchev–Trinajstić information content (AvgIpc) is 2.83. The second kappa shape index (κ2) is 35.1. The van der Waals surface area contributed by atoms with Gasteiger partial charge in [-0.25, -0.2) is 0 Å². The van der Waals surface area contributed by atoms with Gasteiger partial charge in [-0.2, -0.15) is 0 Å². The Morgan fingerprint density at radius 1 is 0.382 bits per heavy atom. The maximum absolute atomic E-state index is 9.11. The van der Waals surface area contributed by atoms with Crippen LogP contribution in [0.25, 0.3) is 0 Å². The predicted molar refractivity (Wildman–Crippen MR) is 155 cm³/mol. The SMILES string of the molecule is CCCCCCCCCCCCCCC(C)O.CCCCCCCCCCCCCCCCO. The lowest BCUT2D eigenvalue weighted by Crippen LogP contribution is -1.98. The molecule has 0 aliphatic heterocycles. The van der Waals surface area contributed by atoms with Gasteiger partial charge in [-0.3, -0.25) is 0 Å². The topological polar surface area (TPSA) is 40.5 Å². The fourth-order valence-corrected chi connectivity index (χ4v) is 4.59. The summed E-state index contributed by atoms with van der Waals surface area (Å²) in [7, 11) is 0. The fraction of sp³-hybridized carbons (Fsp3) is 1.00. The zero-order chi connectivity index (χ0) is 25.4. The van der Waals surface area contributed by atoms with Gasteiger partial charge in [-0.05, 0) is 19.8 Å². The number of hydrogen-bond acceptors (Lipinski definition) is 2. The number of hydrogen-bond donors (Lipinski definition) is 2. The van der Waals surface area contributed by atoms with Crippen LogP contribution in [0, 0.1) is 0 Å². The van der Waals surface area contributed by atoms with Gasteiger partial charge in [0.25, 0.3) is 0 Å². The van der Waals surface area contributed by atoms with E-state index >= 15 is 0 Å². The summed E-state index contributed by atoms with van der Waals surface area (Å²) in [6.45, 7) is 6.81. The Morgan fingerprint density at radius 3 is 0.853 bits per heavy atom. The van der Waals surface area contributed by atoms with Crippen LogP contribution in [0.5, 0.6) is 0 Å². The van der Waals surface area contributed by atoms with Crippen molar-refractivity contribution < 1.29 is 10.2 Å². The molecular weight excluding hydrogens is 416 g/mol. The van der Waals surface area contributed by atoms with E-state index in [4.69, 9.17) is 10.2 Å². The average molecular weight is 485 g/mol. The molecule has 0 fully saturated rings. The van der Waals surface area contributed by atoms with Gasteiger partial charge in [0.05, 0.1) is 6.10 Å². The molecule has 0 spiro atoms. The molecule has 0 aromatic rings. The first kappa shape index (κ1) is 36.1. The first-order valence-electron chi connectivity index (χ1n) is 16.0. The molecule has 0 aliphatic rings. The van der Waals surface area contributed by atoms with Crippen LogP contribution in [0.15, 0.2) is 0 Å². The molecular formula is C32H68O2. The molecule has 1 atom stereocenters. The first-order valence-corrected chi connectivity index (χ1v) is 16.0. The molecule has 0 saturated carbocycles. The molecule has 0 bridgehead atoms. The Morgan fingerprint density at radius 2 is 0.618 bits per heavy atom. The van der Waals surface area contributed by atoms with Gasteiger partial charge in [0.1, 0.15) is 0 Å². The minimum atomic E-state index is -0.0990. The highest BCUT2D eigenvalue weighted by Crippen LogP contribution is 2.14. The smallest absolute Gasteiger partial charge is 0.0512 e. The van der Waals surface area contributed by atoms with Crippen molar-refractivity contribution in [1.29, 1.82) is 0 Å². The second-order valence-electron chi connectivity index (χ2n) is 10.8. The van der Waals surface area contributed by atoms with Crippen LogP contribution in [-0.2, 0) is 0 Å². The summed E-state index contributed by atoms with van der Waals surface area (Å²) >= 11 is 0. The van der Waals surface area contributed by atoms with Crippen LogP contribution in [0.1, 0.15) is 194 Å². The molecule has 2 nitrogen and oxygen atoms in total. The van der Waals surface area contributed by atoms with Crippen LogP contribution < -0.4 is 0 Å². The van der Waals surface area contributed by atoms with Gasteiger partial charge in [0.2, 0.25) is 0 Å². The van der Waals surface area contributed by atoms with E-state index in [2.05, 4.69) is 13.8 Å². The summed E-state index contributed by atoms with van der Waals surface area (Å²) in [6.07, 6.45) is 36.8. The normalized spacial score (nSPS) is 11.9. The molecule has 34 heavy (non-hydrogen) atoms. The number of aliphatic hydroxyl groups is 2. The molecule has 0 aromatic heterocycles. The summed E-state index contributed by atoms with van der Waals surface area (Å²) in [4.78, 5) is 0. The van der Waals surface area contributed by atoms with E-state index in [1.807, 2.05) is 6.92 Å². The monoisotopic (exact) mass is 485 g/mol. The van der Waals surface area contributed by atoms with Crippen molar-refractivity contribution in [3.8, 4) is 0 Å². The molecule has 1 unspecified atom stereocenters. The zero-order valence-electron chi connectivity index (χ0n) is 24.3. The highest BCUT2D eigenvalue weighted by molar-refractivity contribution is 4.51. The van der Waals surface area contributed by atoms with Crippen molar-refractivity contribution in [1.82, 2.24) is 0 Å². The Kier molecular flexibility index (Phi) is 37.2. The lowest BCUT2D eigenvalue weighted by molar-refractivity contribution is 0.180. The molecule has 0 aromatic carbocycles.